The van der Waals surface area contributed by atoms with E-state index >= 15 is 0 Å². The number of fused-ring (bicyclic) bond motifs is 3. The smallest absolute Gasteiger partial charge is 0.408 e. The predicted molar refractivity (Wildman–Crippen MR) is 132 cm³/mol. The fourth-order valence-corrected chi connectivity index (χ4v) is 7.19. The summed E-state index contributed by atoms with van der Waals surface area (Å²) in [4.78, 5) is 53.8. The van der Waals surface area contributed by atoms with E-state index < -0.39 is 47.6 Å². The van der Waals surface area contributed by atoms with Gasteiger partial charge in [0.1, 0.15) is 23.7 Å². The molecule has 5 aliphatic rings. The second kappa shape index (κ2) is 10.4. The summed E-state index contributed by atoms with van der Waals surface area (Å²) in [6, 6.07) is -1.75. The average molecular weight is 520 g/mol. The van der Waals surface area contributed by atoms with E-state index in [1.165, 1.54) is 12.0 Å². The molecule has 10 nitrogen and oxygen atoms in total. The van der Waals surface area contributed by atoms with Crippen molar-refractivity contribution in [3.05, 3.63) is 0 Å². The van der Waals surface area contributed by atoms with E-state index in [0.29, 0.717) is 30.6 Å². The van der Waals surface area contributed by atoms with Crippen molar-refractivity contribution in [1.29, 1.82) is 0 Å². The van der Waals surface area contributed by atoms with Gasteiger partial charge in [0, 0.05) is 13.0 Å². The summed E-state index contributed by atoms with van der Waals surface area (Å²) < 4.78 is 10.7. The molecule has 0 aromatic rings. The Kier molecular flexibility index (Phi) is 7.40. The summed E-state index contributed by atoms with van der Waals surface area (Å²) in [6.07, 6.45) is 6.66. The van der Waals surface area contributed by atoms with Crippen molar-refractivity contribution in [3.8, 4) is 0 Å². The molecule has 3 amide bonds. The molecule has 0 aromatic heterocycles. The predicted octanol–water partition coefficient (Wildman–Crippen LogP) is 1.88. The van der Waals surface area contributed by atoms with Gasteiger partial charge in [-0.3, -0.25) is 9.59 Å². The number of nitrogens with one attached hydrogen (secondary N) is 2. The van der Waals surface area contributed by atoms with Crippen molar-refractivity contribution in [2.75, 3.05) is 13.7 Å². The van der Waals surface area contributed by atoms with Crippen LogP contribution in [0.3, 0.4) is 0 Å². The lowest BCUT2D eigenvalue weighted by Gasteiger charge is -2.30. The van der Waals surface area contributed by atoms with Crippen LogP contribution in [0.4, 0.5) is 4.79 Å². The third-order valence-corrected chi connectivity index (χ3v) is 9.60. The Morgan fingerprint density at radius 3 is 2.43 bits per heavy atom. The van der Waals surface area contributed by atoms with Gasteiger partial charge in [0.15, 0.2) is 0 Å². The molecular formula is C27H41N3O7. The minimum Gasteiger partial charge on any atom is -0.467 e. The Morgan fingerprint density at radius 2 is 1.73 bits per heavy atom. The molecule has 10 heteroatoms. The molecule has 206 valence electrons. The first kappa shape index (κ1) is 26.3. The number of nitrogens with zero attached hydrogens (tertiary/aromatic N) is 1. The van der Waals surface area contributed by atoms with Crippen molar-refractivity contribution in [2.45, 2.75) is 107 Å². The number of alkyl carbamates (subject to hydrolysis) is 1. The highest BCUT2D eigenvalue weighted by atomic mass is 16.6. The molecule has 2 unspecified atom stereocenters. The third-order valence-electron chi connectivity index (χ3n) is 9.60. The van der Waals surface area contributed by atoms with Gasteiger partial charge in [-0.25, -0.2) is 9.59 Å². The van der Waals surface area contributed by atoms with Crippen LogP contribution in [0.15, 0.2) is 0 Å². The van der Waals surface area contributed by atoms with Crippen LogP contribution in [0.2, 0.25) is 0 Å². The number of carbonyl (C=O) groups excluding carboxylic acids is 4. The van der Waals surface area contributed by atoms with Gasteiger partial charge in [0.25, 0.3) is 0 Å². The summed E-state index contributed by atoms with van der Waals surface area (Å²) in [6.45, 7) is 2.23. The van der Waals surface area contributed by atoms with Crippen molar-refractivity contribution in [2.24, 2.45) is 23.7 Å². The number of hydrogen-bond donors (Lipinski definition) is 3. The van der Waals surface area contributed by atoms with Gasteiger partial charge in [-0.05, 0) is 55.8 Å². The summed E-state index contributed by atoms with van der Waals surface area (Å²) >= 11 is 0. The lowest BCUT2D eigenvalue weighted by atomic mass is 10.0. The summed E-state index contributed by atoms with van der Waals surface area (Å²) in [5.41, 5.74) is -1.06. The number of hydrogen-bond acceptors (Lipinski definition) is 7. The maximum atomic E-state index is 13.7. The van der Waals surface area contributed by atoms with E-state index in [2.05, 4.69) is 17.6 Å². The van der Waals surface area contributed by atoms with Gasteiger partial charge >= 0.3 is 12.1 Å². The maximum Gasteiger partial charge on any atom is 0.408 e. The molecule has 3 saturated carbocycles. The normalized spacial score (nSPS) is 41.8. The highest BCUT2D eigenvalue weighted by Gasteiger charge is 2.62. The second-order valence-corrected chi connectivity index (χ2v) is 12.0. The first-order valence-corrected chi connectivity index (χ1v) is 14.1. The first-order valence-electron chi connectivity index (χ1n) is 14.1. The molecule has 0 radical (unpaired) electrons. The number of amides is 3. The molecule has 0 aromatic carbocycles. The van der Waals surface area contributed by atoms with Crippen LogP contribution < -0.4 is 10.6 Å². The fraction of sp³-hybridized carbons (Fsp3) is 0.852. The minimum atomic E-state index is -1.06. The first-order chi connectivity index (χ1) is 17.7. The van der Waals surface area contributed by atoms with E-state index in [4.69, 9.17) is 9.47 Å². The minimum absolute atomic E-state index is 0.00265. The Balaban J connectivity index is 1.29. The van der Waals surface area contributed by atoms with Gasteiger partial charge in [-0.2, -0.15) is 0 Å². The van der Waals surface area contributed by atoms with Gasteiger partial charge in [0.2, 0.25) is 11.8 Å². The van der Waals surface area contributed by atoms with E-state index in [-0.39, 0.29) is 25.0 Å². The standard InChI is InChI=1S/C27H41N3O7/c1-15-19-11-18(12-20(15)19)37-26(35)28-21-9-7-5-3-4-6-8-16-13-27(16,25(34)36-2)29-23(32)22-10-17(31)14-30(22)24(21)33/h15-22,31H,3-14H2,1-2H3,(H,28,35)(H,29,32)/t15?,16-,17+,18?,19-,20+,21+,22+,27-/m1/s1. The Morgan fingerprint density at radius 1 is 1.05 bits per heavy atom. The molecule has 3 N–H and O–H groups in total. The van der Waals surface area contributed by atoms with Crippen LogP contribution in [-0.4, -0.2) is 77.4 Å². The quantitative estimate of drug-likeness (QED) is 0.485. The zero-order valence-electron chi connectivity index (χ0n) is 21.9. The van der Waals surface area contributed by atoms with Crippen LogP contribution in [0.5, 0.6) is 0 Å². The Bertz CT molecular complexity index is 916. The highest BCUT2D eigenvalue weighted by molar-refractivity contribution is 5.96. The maximum absolute atomic E-state index is 13.7. The largest absolute Gasteiger partial charge is 0.467 e. The highest BCUT2D eigenvalue weighted by Crippen LogP contribution is 2.57. The summed E-state index contributed by atoms with van der Waals surface area (Å²) in [5.74, 6) is 0.678. The Hall–Kier alpha value is -2.36. The van der Waals surface area contributed by atoms with E-state index in [9.17, 15) is 24.3 Å². The lowest BCUT2D eigenvalue weighted by molar-refractivity contribution is -0.148. The van der Waals surface area contributed by atoms with Gasteiger partial charge in [-0.1, -0.05) is 39.0 Å². The number of esters is 1. The zero-order chi connectivity index (χ0) is 26.3. The molecule has 37 heavy (non-hydrogen) atoms. The SMILES string of the molecule is COC(=O)[C@@]12C[C@H]1CCCCCCC[C@H](NC(=O)OC1C[C@@H]3C(C)[C@@H]3C1)C(=O)N1C[C@@H](O)C[C@H]1C(=O)N2. The van der Waals surface area contributed by atoms with Crippen LogP contribution in [0, 0.1) is 23.7 Å². The number of aliphatic hydroxyl groups excluding tert-OH is 1. The van der Waals surface area contributed by atoms with Crippen LogP contribution in [-0.2, 0) is 23.9 Å². The summed E-state index contributed by atoms with van der Waals surface area (Å²) in [5, 5.41) is 16.1. The van der Waals surface area contributed by atoms with Gasteiger partial charge in [-0.15, -0.1) is 0 Å². The van der Waals surface area contributed by atoms with Gasteiger partial charge < -0.3 is 30.1 Å². The number of ether oxygens (including phenoxy) is 2. The average Bonchev–Trinajstić information content (AvgIpc) is 3.53. The molecule has 9 atom stereocenters. The van der Waals surface area contributed by atoms with Crippen LogP contribution in [0.25, 0.3) is 0 Å². The van der Waals surface area contributed by atoms with Gasteiger partial charge in [0.05, 0.1) is 13.2 Å². The molecule has 2 heterocycles. The van der Waals surface area contributed by atoms with Crippen molar-refractivity contribution in [1.82, 2.24) is 15.5 Å². The molecule has 5 rings (SSSR count). The van der Waals surface area contributed by atoms with Crippen molar-refractivity contribution >= 4 is 23.9 Å². The molecule has 0 bridgehead atoms. The zero-order valence-corrected chi connectivity index (χ0v) is 21.9. The number of methoxy groups -OCH3 is 1. The van der Waals surface area contributed by atoms with E-state index in [0.717, 1.165) is 51.4 Å². The molecular weight excluding hydrogens is 478 g/mol. The third kappa shape index (κ3) is 5.31. The van der Waals surface area contributed by atoms with Crippen LogP contribution in [0.1, 0.15) is 77.6 Å². The molecule has 2 aliphatic heterocycles. The molecule has 5 fully saturated rings. The molecule has 2 saturated heterocycles. The number of aliphatic hydroxyl groups is 1. The summed E-state index contributed by atoms with van der Waals surface area (Å²) in [7, 11) is 1.31. The Labute approximate surface area is 218 Å². The number of rotatable bonds is 3. The van der Waals surface area contributed by atoms with E-state index in [1.807, 2.05) is 0 Å². The molecule has 0 spiro atoms. The lowest BCUT2D eigenvalue weighted by Crippen LogP contribution is -2.56. The van der Waals surface area contributed by atoms with E-state index in [1.54, 1.807) is 0 Å². The number of carbonyl (C=O) groups is 4. The van der Waals surface area contributed by atoms with Crippen molar-refractivity contribution in [3.63, 3.8) is 0 Å². The second-order valence-electron chi connectivity index (χ2n) is 12.0. The fourth-order valence-electron chi connectivity index (χ4n) is 7.19. The monoisotopic (exact) mass is 519 g/mol. The molecule has 3 aliphatic carbocycles. The van der Waals surface area contributed by atoms with Crippen molar-refractivity contribution < 1.29 is 33.8 Å². The topological polar surface area (TPSA) is 134 Å². The van der Waals surface area contributed by atoms with Crippen LogP contribution >= 0.6 is 0 Å².